The SMILES string of the molecule is Clc1ccccc1CNc1cc(NCCCc2ccccc2)ncn1. The second-order valence-corrected chi connectivity index (χ2v) is 6.16. The van der Waals surface area contributed by atoms with Crippen LogP contribution in [-0.4, -0.2) is 16.5 Å². The average Bonchev–Trinajstić information content (AvgIpc) is 2.66. The van der Waals surface area contributed by atoms with Crippen LogP contribution in [0.5, 0.6) is 0 Å². The summed E-state index contributed by atoms with van der Waals surface area (Å²) in [5.74, 6) is 1.60. The molecule has 5 heteroatoms. The summed E-state index contributed by atoms with van der Waals surface area (Å²) in [5, 5.41) is 7.38. The van der Waals surface area contributed by atoms with Crippen LogP contribution in [0, 0.1) is 0 Å². The van der Waals surface area contributed by atoms with Gasteiger partial charge in [-0.2, -0.15) is 0 Å². The summed E-state index contributed by atoms with van der Waals surface area (Å²) >= 11 is 6.17. The van der Waals surface area contributed by atoms with Crippen LogP contribution in [0.2, 0.25) is 5.02 Å². The van der Waals surface area contributed by atoms with Gasteiger partial charge in [0.1, 0.15) is 18.0 Å². The molecule has 128 valence electrons. The molecule has 0 saturated heterocycles. The molecule has 2 aromatic carbocycles. The van der Waals surface area contributed by atoms with E-state index in [0.29, 0.717) is 6.54 Å². The van der Waals surface area contributed by atoms with Crippen molar-refractivity contribution in [2.24, 2.45) is 0 Å². The first-order chi connectivity index (χ1) is 12.3. The number of rotatable bonds is 8. The molecule has 0 spiro atoms. The van der Waals surface area contributed by atoms with Gasteiger partial charge in [0.2, 0.25) is 0 Å². The number of aryl methyl sites for hydroxylation is 1. The molecular weight excluding hydrogens is 332 g/mol. The highest BCUT2D eigenvalue weighted by molar-refractivity contribution is 6.31. The van der Waals surface area contributed by atoms with Crippen molar-refractivity contribution < 1.29 is 0 Å². The van der Waals surface area contributed by atoms with Crippen molar-refractivity contribution >= 4 is 23.2 Å². The smallest absolute Gasteiger partial charge is 0.131 e. The Bertz CT molecular complexity index is 792. The molecule has 0 unspecified atom stereocenters. The van der Waals surface area contributed by atoms with E-state index in [1.807, 2.05) is 36.4 Å². The van der Waals surface area contributed by atoms with Crippen LogP contribution in [-0.2, 0) is 13.0 Å². The third-order valence-corrected chi connectivity index (χ3v) is 4.24. The summed E-state index contributed by atoms with van der Waals surface area (Å²) in [5.41, 5.74) is 2.40. The highest BCUT2D eigenvalue weighted by Crippen LogP contribution is 2.17. The molecule has 0 atom stereocenters. The molecule has 0 saturated carbocycles. The summed E-state index contributed by atoms with van der Waals surface area (Å²) in [6, 6.07) is 20.2. The lowest BCUT2D eigenvalue weighted by Gasteiger charge is -2.09. The molecule has 0 aliphatic heterocycles. The average molecular weight is 353 g/mol. The van der Waals surface area contributed by atoms with E-state index in [1.54, 1.807) is 6.33 Å². The third kappa shape index (κ3) is 5.47. The Morgan fingerprint density at radius 2 is 1.56 bits per heavy atom. The minimum atomic E-state index is 0.629. The van der Waals surface area contributed by atoms with Gasteiger partial charge in [0, 0.05) is 24.2 Å². The summed E-state index contributed by atoms with van der Waals surface area (Å²) < 4.78 is 0. The molecular formula is C20H21ClN4. The fourth-order valence-electron chi connectivity index (χ4n) is 2.53. The molecule has 0 fully saturated rings. The zero-order chi connectivity index (χ0) is 17.3. The maximum Gasteiger partial charge on any atom is 0.131 e. The van der Waals surface area contributed by atoms with E-state index in [1.165, 1.54) is 5.56 Å². The van der Waals surface area contributed by atoms with Gasteiger partial charge in [-0.3, -0.25) is 0 Å². The largest absolute Gasteiger partial charge is 0.370 e. The number of halogens is 1. The molecule has 4 nitrogen and oxygen atoms in total. The molecule has 0 bridgehead atoms. The number of nitrogens with one attached hydrogen (secondary N) is 2. The number of nitrogens with zero attached hydrogens (tertiary/aromatic N) is 2. The molecule has 3 aromatic rings. The normalized spacial score (nSPS) is 10.4. The fourth-order valence-corrected chi connectivity index (χ4v) is 2.73. The van der Waals surface area contributed by atoms with Crippen LogP contribution in [0.25, 0.3) is 0 Å². The molecule has 0 aliphatic rings. The van der Waals surface area contributed by atoms with Gasteiger partial charge in [0.15, 0.2) is 0 Å². The van der Waals surface area contributed by atoms with Crippen LogP contribution in [0.3, 0.4) is 0 Å². The van der Waals surface area contributed by atoms with E-state index in [4.69, 9.17) is 11.6 Å². The van der Waals surface area contributed by atoms with E-state index in [-0.39, 0.29) is 0 Å². The van der Waals surface area contributed by atoms with E-state index < -0.39 is 0 Å². The van der Waals surface area contributed by atoms with Crippen molar-refractivity contribution in [3.63, 3.8) is 0 Å². The Kier molecular flexibility index (Phi) is 6.23. The summed E-state index contributed by atoms with van der Waals surface area (Å²) in [4.78, 5) is 8.52. The second-order valence-electron chi connectivity index (χ2n) is 5.75. The third-order valence-electron chi connectivity index (χ3n) is 3.88. The van der Waals surface area contributed by atoms with Crippen molar-refractivity contribution in [3.8, 4) is 0 Å². The lowest BCUT2D eigenvalue weighted by molar-refractivity contribution is 0.858. The summed E-state index contributed by atoms with van der Waals surface area (Å²) in [6.07, 6.45) is 3.67. The van der Waals surface area contributed by atoms with Gasteiger partial charge in [0.25, 0.3) is 0 Å². The zero-order valence-electron chi connectivity index (χ0n) is 14.0. The molecule has 1 heterocycles. The minimum absolute atomic E-state index is 0.629. The van der Waals surface area contributed by atoms with Crippen molar-refractivity contribution in [3.05, 3.63) is 83.1 Å². The molecule has 0 aliphatic carbocycles. The van der Waals surface area contributed by atoms with E-state index in [2.05, 4.69) is 44.9 Å². The predicted octanol–water partition coefficient (Wildman–Crippen LogP) is 4.79. The summed E-state index contributed by atoms with van der Waals surface area (Å²) in [6.45, 7) is 1.50. The predicted molar refractivity (Wildman–Crippen MR) is 104 cm³/mol. The fraction of sp³-hybridized carbons (Fsp3) is 0.200. The van der Waals surface area contributed by atoms with Gasteiger partial charge in [-0.25, -0.2) is 9.97 Å². The molecule has 2 N–H and O–H groups in total. The van der Waals surface area contributed by atoms with Crippen LogP contribution in [0.4, 0.5) is 11.6 Å². The van der Waals surface area contributed by atoms with Crippen LogP contribution < -0.4 is 10.6 Å². The highest BCUT2D eigenvalue weighted by Gasteiger charge is 2.01. The minimum Gasteiger partial charge on any atom is -0.370 e. The first kappa shape index (κ1) is 17.2. The van der Waals surface area contributed by atoms with Gasteiger partial charge in [-0.15, -0.1) is 0 Å². The topological polar surface area (TPSA) is 49.8 Å². The van der Waals surface area contributed by atoms with Gasteiger partial charge >= 0.3 is 0 Å². The Morgan fingerprint density at radius 1 is 0.840 bits per heavy atom. The maximum atomic E-state index is 6.17. The molecule has 0 radical (unpaired) electrons. The monoisotopic (exact) mass is 352 g/mol. The van der Waals surface area contributed by atoms with Crippen LogP contribution in [0.15, 0.2) is 67.0 Å². The molecule has 25 heavy (non-hydrogen) atoms. The first-order valence-electron chi connectivity index (χ1n) is 8.38. The van der Waals surface area contributed by atoms with Gasteiger partial charge in [-0.05, 0) is 30.0 Å². The maximum absolute atomic E-state index is 6.17. The number of anilines is 2. The molecule has 1 aromatic heterocycles. The lowest BCUT2D eigenvalue weighted by Crippen LogP contribution is -2.07. The standard InChI is InChI=1S/C20H21ClN4/c21-18-11-5-4-10-17(18)14-23-20-13-19(24-15-25-20)22-12-6-9-16-7-2-1-3-8-16/h1-5,7-8,10-11,13,15H,6,9,12,14H2,(H2,22,23,24,25). The Balaban J connectivity index is 1.47. The Morgan fingerprint density at radius 3 is 2.36 bits per heavy atom. The van der Waals surface area contributed by atoms with Gasteiger partial charge < -0.3 is 10.6 Å². The second kappa shape index (κ2) is 9.04. The summed E-state index contributed by atoms with van der Waals surface area (Å²) in [7, 11) is 0. The van der Waals surface area contributed by atoms with Crippen LogP contribution >= 0.6 is 11.6 Å². The first-order valence-corrected chi connectivity index (χ1v) is 8.76. The van der Waals surface area contributed by atoms with Crippen molar-refractivity contribution in [2.75, 3.05) is 17.2 Å². The zero-order valence-corrected chi connectivity index (χ0v) is 14.7. The van der Waals surface area contributed by atoms with Gasteiger partial charge in [-0.1, -0.05) is 60.1 Å². The van der Waals surface area contributed by atoms with Gasteiger partial charge in [0.05, 0.1) is 0 Å². The number of hydrogen-bond donors (Lipinski definition) is 2. The van der Waals surface area contributed by atoms with Crippen LogP contribution in [0.1, 0.15) is 17.5 Å². The number of hydrogen-bond acceptors (Lipinski definition) is 4. The highest BCUT2D eigenvalue weighted by atomic mass is 35.5. The quantitative estimate of drug-likeness (QED) is 0.572. The van der Waals surface area contributed by atoms with E-state index in [0.717, 1.165) is 41.6 Å². The van der Waals surface area contributed by atoms with Crippen molar-refractivity contribution in [1.29, 1.82) is 0 Å². The Hall–Kier alpha value is -2.59. The number of benzene rings is 2. The van der Waals surface area contributed by atoms with E-state index in [9.17, 15) is 0 Å². The molecule has 3 rings (SSSR count). The Labute approximate surface area is 153 Å². The number of aromatic nitrogens is 2. The van der Waals surface area contributed by atoms with Crippen molar-refractivity contribution in [1.82, 2.24) is 9.97 Å². The van der Waals surface area contributed by atoms with Crippen molar-refractivity contribution in [2.45, 2.75) is 19.4 Å². The molecule has 0 amide bonds. The lowest BCUT2D eigenvalue weighted by atomic mass is 10.1. The van der Waals surface area contributed by atoms with E-state index >= 15 is 0 Å².